The van der Waals surface area contributed by atoms with E-state index < -0.39 is 23.5 Å². The zero-order valence-electron chi connectivity index (χ0n) is 20.0. The van der Waals surface area contributed by atoms with Crippen LogP contribution < -0.4 is 16.6 Å². The third-order valence-electron chi connectivity index (χ3n) is 6.59. The number of hydrogen-bond donors (Lipinski definition) is 2. The molecule has 3 N–H and O–H groups in total. The molecule has 1 aliphatic heterocycles. The summed E-state index contributed by atoms with van der Waals surface area (Å²) in [6.07, 6.45) is -2.50. The van der Waals surface area contributed by atoms with Crippen LogP contribution in [-0.4, -0.2) is 41.1 Å². The number of anilines is 1. The lowest BCUT2D eigenvalue weighted by molar-refractivity contribution is -0.140. The maximum Gasteiger partial charge on any atom is 0.419 e. The molecule has 3 aromatic rings. The lowest BCUT2D eigenvalue weighted by atomic mass is 10.0. The third-order valence-corrected chi connectivity index (χ3v) is 6.59. The van der Waals surface area contributed by atoms with E-state index in [1.165, 1.54) is 0 Å². The normalized spacial score (nSPS) is 17.5. The van der Waals surface area contributed by atoms with E-state index in [1.807, 2.05) is 6.92 Å². The standard InChI is InChI=1S/C26H28F4N4O2/c1-15-3-5-20-19(8-10-34(25(20)36)16(2)13-33-9-7-18(31)14-33)24(15)32-23(35)12-17-4-6-21(22(27)11-17)26(28,29)30/h3-6,8,10-11,16,18H,7,9,12-14,31H2,1-2H3,(H,32,35)/t16-,18+/m1/s1. The number of likely N-dealkylation sites (tertiary alicyclic amines) is 1. The van der Waals surface area contributed by atoms with Crippen molar-refractivity contribution in [2.75, 3.05) is 25.0 Å². The largest absolute Gasteiger partial charge is 0.419 e. The highest BCUT2D eigenvalue weighted by Gasteiger charge is 2.34. The van der Waals surface area contributed by atoms with E-state index in [9.17, 15) is 27.2 Å². The molecule has 0 saturated carbocycles. The summed E-state index contributed by atoms with van der Waals surface area (Å²) in [6.45, 7) is 6.13. The van der Waals surface area contributed by atoms with Gasteiger partial charge in [-0.2, -0.15) is 13.2 Å². The number of hydrogen-bond acceptors (Lipinski definition) is 4. The van der Waals surface area contributed by atoms with Crippen LogP contribution in [0.3, 0.4) is 0 Å². The van der Waals surface area contributed by atoms with Crippen molar-refractivity contribution in [3.63, 3.8) is 0 Å². The number of pyridine rings is 1. The molecule has 1 saturated heterocycles. The predicted molar refractivity (Wildman–Crippen MR) is 130 cm³/mol. The molecule has 6 nitrogen and oxygen atoms in total. The van der Waals surface area contributed by atoms with Crippen LogP contribution in [0.1, 0.15) is 36.1 Å². The number of benzene rings is 2. The van der Waals surface area contributed by atoms with Gasteiger partial charge in [0.25, 0.3) is 5.56 Å². The number of aryl methyl sites for hydroxylation is 1. The Bertz CT molecular complexity index is 1350. The number of fused-ring (bicyclic) bond motifs is 1. The van der Waals surface area contributed by atoms with Crippen molar-refractivity contribution in [1.29, 1.82) is 0 Å². The maximum absolute atomic E-state index is 13.9. The van der Waals surface area contributed by atoms with Crippen LogP contribution >= 0.6 is 0 Å². The van der Waals surface area contributed by atoms with Crippen molar-refractivity contribution < 1.29 is 22.4 Å². The second-order valence-corrected chi connectivity index (χ2v) is 9.44. The van der Waals surface area contributed by atoms with Gasteiger partial charge in [0.1, 0.15) is 5.82 Å². The van der Waals surface area contributed by atoms with Crippen molar-refractivity contribution in [3.05, 3.63) is 75.5 Å². The van der Waals surface area contributed by atoms with Crippen molar-refractivity contribution in [2.24, 2.45) is 5.73 Å². The van der Waals surface area contributed by atoms with Gasteiger partial charge in [0.2, 0.25) is 5.91 Å². The SMILES string of the molecule is Cc1ccc2c(=O)n([C@H](C)CN3CC[C@H](N)C3)ccc2c1NC(=O)Cc1ccc(C(F)(F)F)c(F)c1. The number of halogens is 4. The van der Waals surface area contributed by atoms with Crippen molar-refractivity contribution in [1.82, 2.24) is 9.47 Å². The van der Waals surface area contributed by atoms with Gasteiger partial charge in [-0.05, 0) is 62.2 Å². The molecule has 36 heavy (non-hydrogen) atoms. The van der Waals surface area contributed by atoms with Crippen LogP contribution in [0.4, 0.5) is 23.2 Å². The van der Waals surface area contributed by atoms with E-state index >= 15 is 0 Å². The van der Waals surface area contributed by atoms with Gasteiger partial charge in [-0.1, -0.05) is 12.1 Å². The number of nitrogens with zero attached hydrogens (tertiary/aromatic N) is 2. The molecular weight excluding hydrogens is 476 g/mol. The Morgan fingerprint density at radius 3 is 2.58 bits per heavy atom. The van der Waals surface area contributed by atoms with Crippen LogP contribution in [0.15, 0.2) is 47.4 Å². The maximum atomic E-state index is 13.9. The molecule has 0 aliphatic carbocycles. The minimum atomic E-state index is -4.81. The van der Waals surface area contributed by atoms with E-state index in [0.29, 0.717) is 40.7 Å². The van der Waals surface area contributed by atoms with Crippen LogP contribution in [0.2, 0.25) is 0 Å². The average molecular weight is 505 g/mol. The van der Waals surface area contributed by atoms with Crippen molar-refractivity contribution >= 4 is 22.4 Å². The summed E-state index contributed by atoms with van der Waals surface area (Å²) in [6, 6.07) is 7.69. The quantitative estimate of drug-likeness (QED) is 0.492. The highest BCUT2D eigenvalue weighted by atomic mass is 19.4. The summed E-state index contributed by atoms with van der Waals surface area (Å²) in [5.74, 6) is -1.97. The number of rotatable bonds is 6. The Labute approximate surface area is 205 Å². The summed E-state index contributed by atoms with van der Waals surface area (Å²) in [7, 11) is 0. The highest BCUT2D eigenvalue weighted by Crippen LogP contribution is 2.32. The molecule has 2 heterocycles. The van der Waals surface area contributed by atoms with Gasteiger partial charge in [-0.25, -0.2) is 4.39 Å². The second kappa shape index (κ2) is 10.0. The fourth-order valence-electron chi connectivity index (χ4n) is 4.72. The molecule has 10 heteroatoms. The summed E-state index contributed by atoms with van der Waals surface area (Å²) >= 11 is 0. The van der Waals surface area contributed by atoms with Crippen molar-refractivity contribution in [3.8, 4) is 0 Å². The number of carbonyl (C=O) groups excluding carboxylic acids is 1. The molecule has 1 aliphatic rings. The zero-order valence-corrected chi connectivity index (χ0v) is 20.0. The Morgan fingerprint density at radius 2 is 1.94 bits per heavy atom. The summed E-state index contributed by atoms with van der Waals surface area (Å²) in [5.41, 5.74) is 5.67. The molecule has 0 bridgehead atoms. The molecule has 192 valence electrons. The van der Waals surface area contributed by atoms with Gasteiger partial charge in [-0.15, -0.1) is 0 Å². The summed E-state index contributed by atoms with van der Waals surface area (Å²) < 4.78 is 53.9. The van der Waals surface area contributed by atoms with Gasteiger partial charge >= 0.3 is 6.18 Å². The Hall–Kier alpha value is -3.24. The Morgan fingerprint density at radius 1 is 1.19 bits per heavy atom. The first-order chi connectivity index (χ1) is 16.9. The van der Waals surface area contributed by atoms with Gasteiger partial charge < -0.3 is 15.6 Å². The van der Waals surface area contributed by atoms with Crippen LogP contribution in [0.5, 0.6) is 0 Å². The topological polar surface area (TPSA) is 80.4 Å². The van der Waals surface area contributed by atoms with E-state index in [0.717, 1.165) is 25.6 Å². The first-order valence-electron chi connectivity index (χ1n) is 11.7. The Kier molecular flexibility index (Phi) is 7.19. The fourth-order valence-corrected chi connectivity index (χ4v) is 4.72. The molecule has 2 atom stereocenters. The highest BCUT2D eigenvalue weighted by molar-refractivity contribution is 6.03. The number of nitrogens with one attached hydrogen (secondary N) is 1. The van der Waals surface area contributed by atoms with E-state index in [4.69, 9.17) is 5.73 Å². The molecule has 0 unspecified atom stereocenters. The van der Waals surface area contributed by atoms with Gasteiger partial charge in [0.05, 0.1) is 17.7 Å². The molecular formula is C26H28F4N4O2. The average Bonchev–Trinajstić information content (AvgIpc) is 3.19. The van der Waals surface area contributed by atoms with Crippen LogP contribution in [0.25, 0.3) is 10.8 Å². The smallest absolute Gasteiger partial charge is 0.326 e. The summed E-state index contributed by atoms with van der Waals surface area (Å²) in [4.78, 5) is 28.2. The number of aromatic nitrogens is 1. The van der Waals surface area contributed by atoms with Gasteiger partial charge in [0, 0.05) is 42.1 Å². The van der Waals surface area contributed by atoms with Crippen LogP contribution in [-0.2, 0) is 17.4 Å². The second-order valence-electron chi connectivity index (χ2n) is 9.44. The first-order valence-corrected chi connectivity index (χ1v) is 11.7. The molecule has 1 fully saturated rings. The van der Waals surface area contributed by atoms with Crippen molar-refractivity contribution in [2.45, 2.75) is 44.9 Å². The first kappa shape index (κ1) is 25.8. The number of amides is 1. The zero-order chi connectivity index (χ0) is 26.2. The molecule has 1 amide bonds. The van der Waals surface area contributed by atoms with E-state index in [2.05, 4.69) is 10.2 Å². The third kappa shape index (κ3) is 5.44. The predicted octanol–water partition coefficient (Wildman–Crippen LogP) is 4.24. The number of nitrogens with two attached hydrogens (primary N) is 1. The monoisotopic (exact) mass is 504 g/mol. The minimum absolute atomic E-state index is 0.0823. The molecule has 2 aromatic carbocycles. The number of alkyl halides is 3. The molecule has 0 spiro atoms. The molecule has 4 rings (SSSR count). The van der Waals surface area contributed by atoms with Gasteiger partial charge in [-0.3, -0.25) is 14.5 Å². The molecule has 0 radical (unpaired) electrons. The minimum Gasteiger partial charge on any atom is -0.326 e. The van der Waals surface area contributed by atoms with E-state index in [1.54, 1.807) is 35.9 Å². The fraction of sp³-hybridized carbons (Fsp3) is 0.385. The van der Waals surface area contributed by atoms with Crippen LogP contribution in [0, 0.1) is 12.7 Å². The van der Waals surface area contributed by atoms with Gasteiger partial charge in [0.15, 0.2) is 0 Å². The molecule has 1 aromatic heterocycles. The number of carbonyl (C=O) groups is 1. The summed E-state index contributed by atoms with van der Waals surface area (Å²) in [5, 5.41) is 3.74. The Balaban J connectivity index is 1.55. The lowest BCUT2D eigenvalue weighted by Gasteiger charge is -2.23. The van der Waals surface area contributed by atoms with E-state index in [-0.39, 0.29) is 29.6 Å². The lowest BCUT2D eigenvalue weighted by Crippen LogP contribution is -2.34.